The highest BCUT2D eigenvalue weighted by atomic mass is 79.9. The number of esters is 1. The van der Waals surface area contributed by atoms with Gasteiger partial charge in [-0.15, -0.1) is 0 Å². The van der Waals surface area contributed by atoms with Crippen molar-refractivity contribution in [3.05, 3.63) is 22.2 Å². The molecule has 116 valence electrons. The Morgan fingerprint density at radius 1 is 1.48 bits per heavy atom. The zero-order chi connectivity index (χ0) is 15.4. The highest BCUT2D eigenvalue weighted by Crippen LogP contribution is 2.40. The lowest BCUT2D eigenvalue weighted by molar-refractivity contribution is -0.153. The molecule has 0 radical (unpaired) electrons. The highest BCUT2D eigenvalue weighted by molar-refractivity contribution is 9.10. The fourth-order valence-electron chi connectivity index (χ4n) is 1.94. The topological polar surface area (TPSA) is 65.0 Å². The first-order valence-electron chi connectivity index (χ1n) is 6.62. The summed E-state index contributed by atoms with van der Waals surface area (Å²) in [6.45, 7) is 2.61. The molecular weight excluding hydrogens is 347 g/mol. The monoisotopic (exact) mass is 362 g/mol. The predicted octanol–water partition coefficient (Wildman–Crippen LogP) is 2.55. The van der Waals surface area contributed by atoms with Crippen molar-refractivity contribution in [3.8, 4) is 11.5 Å². The second-order valence-corrected chi connectivity index (χ2v) is 5.33. The van der Waals surface area contributed by atoms with Gasteiger partial charge >= 0.3 is 5.97 Å². The highest BCUT2D eigenvalue weighted by Gasteiger charge is 2.30. The van der Waals surface area contributed by atoms with Crippen molar-refractivity contribution in [2.45, 2.75) is 25.6 Å². The molecule has 2 unspecified atom stereocenters. The number of carbonyl (C=O) groups is 1. The Balaban J connectivity index is 2.25. The zero-order valence-electron chi connectivity index (χ0n) is 11.5. The van der Waals surface area contributed by atoms with Crippen molar-refractivity contribution >= 4 is 21.9 Å². The summed E-state index contributed by atoms with van der Waals surface area (Å²) in [5.74, 6) is -0.171. The van der Waals surface area contributed by atoms with Crippen LogP contribution in [0.1, 0.15) is 25.0 Å². The summed E-state index contributed by atoms with van der Waals surface area (Å²) in [5, 5.41) is 9.99. The number of aliphatic hydroxyl groups is 1. The summed E-state index contributed by atoms with van der Waals surface area (Å²) in [5.41, 5.74) is 0.215. The normalized spacial score (nSPS) is 16.8. The fraction of sp³-hybridized carbons (Fsp3) is 0.500. The van der Waals surface area contributed by atoms with Gasteiger partial charge in [-0.25, -0.2) is 9.18 Å². The van der Waals surface area contributed by atoms with E-state index in [0.717, 1.165) is 6.42 Å². The van der Waals surface area contributed by atoms with Crippen molar-refractivity contribution in [1.29, 1.82) is 0 Å². The number of ether oxygens (including phenoxy) is 3. The van der Waals surface area contributed by atoms with Gasteiger partial charge < -0.3 is 19.3 Å². The number of hydrogen-bond acceptors (Lipinski definition) is 5. The van der Waals surface area contributed by atoms with E-state index in [4.69, 9.17) is 9.47 Å². The molecule has 1 aromatic carbocycles. The van der Waals surface area contributed by atoms with Gasteiger partial charge in [-0.1, -0.05) is 0 Å². The van der Waals surface area contributed by atoms with Gasteiger partial charge in [0.15, 0.2) is 11.5 Å². The minimum atomic E-state index is -2.15. The molecule has 0 saturated heterocycles. The van der Waals surface area contributed by atoms with Crippen molar-refractivity contribution in [3.63, 3.8) is 0 Å². The molecule has 0 bridgehead atoms. The maximum Gasteiger partial charge on any atom is 0.343 e. The van der Waals surface area contributed by atoms with Crippen LogP contribution in [0.25, 0.3) is 0 Å². The Hall–Kier alpha value is -1.34. The molecule has 0 saturated carbocycles. The van der Waals surface area contributed by atoms with Crippen LogP contribution in [0, 0.1) is 0 Å². The molecule has 0 aromatic heterocycles. The maximum atomic E-state index is 13.9. The maximum absolute atomic E-state index is 13.9. The SMILES string of the molecule is CCOC(=O)C(F)C(O)c1cc(Br)c2c(c1)OCCCO2. The van der Waals surface area contributed by atoms with Crippen molar-refractivity contribution in [2.24, 2.45) is 0 Å². The fourth-order valence-corrected chi connectivity index (χ4v) is 2.52. The van der Waals surface area contributed by atoms with Gasteiger partial charge in [-0.2, -0.15) is 0 Å². The number of halogens is 2. The third-order valence-electron chi connectivity index (χ3n) is 2.95. The summed E-state index contributed by atoms with van der Waals surface area (Å²) in [6.07, 6.45) is -3.05. The summed E-state index contributed by atoms with van der Waals surface area (Å²) < 4.78 is 30.0. The van der Waals surface area contributed by atoms with E-state index in [2.05, 4.69) is 20.7 Å². The molecule has 7 heteroatoms. The quantitative estimate of drug-likeness (QED) is 0.833. The van der Waals surface area contributed by atoms with E-state index in [-0.39, 0.29) is 12.2 Å². The van der Waals surface area contributed by atoms with E-state index in [9.17, 15) is 14.3 Å². The molecule has 5 nitrogen and oxygen atoms in total. The van der Waals surface area contributed by atoms with E-state index < -0.39 is 18.2 Å². The number of aliphatic hydroxyl groups excluding tert-OH is 1. The van der Waals surface area contributed by atoms with Crippen LogP contribution < -0.4 is 9.47 Å². The summed E-state index contributed by atoms with van der Waals surface area (Å²) >= 11 is 3.30. The number of fused-ring (bicyclic) bond motifs is 1. The van der Waals surface area contributed by atoms with Crippen molar-refractivity contribution in [1.82, 2.24) is 0 Å². The smallest absolute Gasteiger partial charge is 0.343 e. The molecule has 1 aliphatic rings. The molecule has 2 atom stereocenters. The number of carbonyl (C=O) groups excluding carboxylic acids is 1. The molecule has 1 aromatic rings. The Morgan fingerprint density at radius 3 is 2.90 bits per heavy atom. The van der Waals surface area contributed by atoms with E-state index in [1.165, 1.54) is 12.1 Å². The number of benzene rings is 1. The lowest BCUT2D eigenvalue weighted by atomic mass is 10.0. The van der Waals surface area contributed by atoms with Gasteiger partial charge in [-0.05, 0) is 40.5 Å². The standard InChI is InChI=1S/C14H16BrFO5/c1-2-19-14(18)11(16)12(17)8-6-9(15)13-10(7-8)20-4-3-5-21-13/h6-7,11-12,17H,2-5H2,1H3. The van der Waals surface area contributed by atoms with E-state index in [0.29, 0.717) is 29.2 Å². The van der Waals surface area contributed by atoms with E-state index in [1.807, 2.05) is 0 Å². The van der Waals surface area contributed by atoms with Crippen molar-refractivity contribution < 1.29 is 28.5 Å². The Bertz CT molecular complexity index is 522. The summed E-state index contributed by atoms with van der Waals surface area (Å²) in [6, 6.07) is 2.98. The van der Waals surface area contributed by atoms with Gasteiger partial charge in [0.2, 0.25) is 6.17 Å². The molecule has 0 aliphatic carbocycles. The van der Waals surface area contributed by atoms with E-state index >= 15 is 0 Å². The molecule has 1 N–H and O–H groups in total. The van der Waals surface area contributed by atoms with Crippen LogP contribution in [0.3, 0.4) is 0 Å². The van der Waals surface area contributed by atoms with Crippen LogP contribution >= 0.6 is 15.9 Å². The average molecular weight is 363 g/mol. The number of alkyl halides is 1. The van der Waals surface area contributed by atoms with Gasteiger partial charge in [0.05, 0.1) is 24.3 Å². The lowest BCUT2D eigenvalue weighted by Gasteiger charge is -2.17. The molecule has 0 amide bonds. The summed E-state index contributed by atoms with van der Waals surface area (Å²) in [4.78, 5) is 11.4. The van der Waals surface area contributed by atoms with Gasteiger partial charge in [0, 0.05) is 6.42 Å². The Kier molecular flexibility index (Phi) is 5.41. The molecule has 0 spiro atoms. The molecule has 2 rings (SSSR count). The predicted molar refractivity (Wildman–Crippen MR) is 76.2 cm³/mol. The minimum absolute atomic E-state index is 0.0524. The first kappa shape index (κ1) is 16.0. The molecular formula is C14H16BrFO5. The van der Waals surface area contributed by atoms with Crippen LogP contribution in [0.5, 0.6) is 11.5 Å². The molecule has 0 fully saturated rings. The second kappa shape index (κ2) is 7.09. The van der Waals surface area contributed by atoms with Crippen LogP contribution in [0.4, 0.5) is 4.39 Å². The zero-order valence-corrected chi connectivity index (χ0v) is 13.1. The van der Waals surface area contributed by atoms with Gasteiger partial charge in [0.1, 0.15) is 6.10 Å². The Labute approximate surface area is 130 Å². The molecule has 21 heavy (non-hydrogen) atoms. The Morgan fingerprint density at radius 2 is 2.19 bits per heavy atom. The lowest BCUT2D eigenvalue weighted by Crippen LogP contribution is -2.26. The van der Waals surface area contributed by atoms with Crippen LogP contribution in [0.2, 0.25) is 0 Å². The van der Waals surface area contributed by atoms with Crippen LogP contribution in [0.15, 0.2) is 16.6 Å². The average Bonchev–Trinajstić information content (AvgIpc) is 2.71. The second-order valence-electron chi connectivity index (χ2n) is 4.48. The first-order chi connectivity index (χ1) is 10.0. The minimum Gasteiger partial charge on any atom is -0.490 e. The molecule has 1 aliphatic heterocycles. The van der Waals surface area contributed by atoms with Crippen LogP contribution in [-0.4, -0.2) is 37.1 Å². The third kappa shape index (κ3) is 3.65. The van der Waals surface area contributed by atoms with Crippen LogP contribution in [-0.2, 0) is 9.53 Å². The van der Waals surface area contributed by atoms with Crippen molar-refractivity contribution in [2.75, 3.05) is 19.8 Å². The summed E-state index contributed by atoms with van der Waals surface area (Å²) in [7, 11) is 0. The molecule has 1 heterocycles. The number of rotatable bonds is 4. The first-order valence-corrected chi connectivity index (χ1v) is 7.41. The number of hydrogen-bond donors (Lipinski definition) is 1. The third-order valence-corrected chi connectivity index (χ3v) is 3.54. The van der Waals surface area contributed by atoms with E-state index in [1.54, 1.807) is 6.92 Å². The largest absolute Gasteiger partial charge is 0.490 e. The van der Waals surface area contributed by atoms with Gasteiger partial charge in [-0.3, -0.25) is 0 Å². The van der Waals surface area contributed by atoms with Gasteiger partial charge in [0.25, 0.3) is 0 Å².